The van der Waals surface area contributed by atoms with Crippen LogP contribution in [0.15, 0.2) is 18.2 Å². The Balaban J connectivity index is 1.95. The molecule has 0 unspecified atom stereocenters. The van der Waals surface area contributed by atoms with Gasteiger partial charge in [0.25, 0.3) is 0 Å². The summed E-state index contributed by atoms with van der Waals surface area (Å²) in [5.41, 5.74) is 3.91. The van der Waals surface area contributed by atoms with Gasteiger partial charge in [0, 0.05) is 16.6 Å². The van der Waals surface area contributed by atoms with E-state index in [1.165, 1.54) is 24.0 Å². The average Bonchev–Trinajstić information content (AvgIpc) is 2.46. The quantitative estimate of drug-likeness (QED) is 0.836. The van der Waals surface area contributed by atoms with Crippen LogP contribution in [0.2, 0.25) is 0 Å². The predicted molar refractivity (Wildman–Crippen MR) is 84.6 cm³/mol. The third-order valence-electron chi connectivity index (χ3n) is 3.86. The maximum atomic E-state index is 11.8. The summed E-state index contributed by atoms with van der Waals surface area (Å²) >= 11 is 0. The molecule has 1 aliphatic carbocycles. The minimum absolute atomic E-state index is 0.0458. The molecule has 4 nitrogen and oxygen atoms in total. The lowest BCUT2D eigenvalue weighted by Crippen LogP contribution is -2.31. The molecule has 1 amide bonds. The van der Waals surface area contributed by atoms with E-state index >= 15 is 0 Å². The number of hydrogen-bond acceptors (Lipinski definition) is 3. The van der Waals surface area contributed by atoms with Crippen LogP contribution < -0.4 is 5.32 Å². The van der Waals surface area contributed by atoms with Crippen LogP contribution >= 0.6 is 0 Å². The Morgan fingerprint density at radius 2 is 2.05 bits per heavy atom. The molecular formula is C16H23NO3S. The van der Waals surface area contributed by atoms with Crippen molar-refractivity contribution in [2.24, 2.45) is 0 Å². The summed E-state index contributed by atoms with van der Waals surface area (Å²) in [5, 5.41) is 11.6. The van der Waals surface area contributed by atoms with Crippen LogP contribution in [0, 0.1) is 0 Å². The standard InChI is InChI=1S/C16H23NO3S/c1-12(17-16(19)11-21(20)9-8-18)14-7-6-13-4-2-3-5-15(13)10-14/h6-7,10,12,18H,2-5,8-9,11H2,1H3,(H,17,19)/t12-,21+/m1/s1. The lowest BCUT2D eigenvalue weighted by molar-refractivity contribution is -0.119. The van der Waals surface area contributed by atoms with E-state index in [4.69, 9.17) is 5.11 Å². The number of carbonyl (C=O) groups excluding carboxylic acids is 1. The Kier molecular flexibility index (Phi) is 5.94. The highest BCUT2D eigenvalue weighted by Crippen LogP contribution is 2.24. The molecule has 0 saturated carbocycles. The number of amides is 1. The van der Waals surface area contributed by atoms with Crippen LogP contribution in [0.4, 0.5) is 0 Å². The number of hydrogen-bond donors (Lipinski definition) is 2. The van der Waals surface area contributed by atoms with Crippen molar-refractivity contribution in [2.45, 2.75) is 38.6 Å². The second-order valence-electron chi connectivity index (χ2n) is 5.54. The number of aliphatic hydroxyl groups is 1. The summed E-state index contributed by atoms with van der Waals surface area (Å²) < 4.78 is 11.5. The minimum atomic E-state index is -1.29. The third kappa shape index (κ3) is 4.64. The van der Waals surface area contributed by atoms with Gasteiger partial charge < -0.3 is 10.4 Å². The van der Waals surface area contributed by atoms with Crippen molar-refractivity contribution >= 4 is 16.7 Å². The lowest BCUT2D eigenvalue weighted by atomic mass is 9.89. The van der Waals surface area contributed by atoms with Gasteiger partial charge in [0.2, 0.25) is 5.91 Å². The van der Waals surface area contributed by atoms with E-state index in [-0.39, 0.29) is 30.1 Å². The van der Waals surface area contributed by atoms with E-state index < -0.39 is 10.8 Å². The molecule has 2 atom stereocenters. The topological polar surface area (TPSA) is 66.4 Å². The van der Waals surface area contributed by atoms with Crippen molar-refractivity contribution < 1.29 is 14.1 Å². The maximum absolute atomic E-state index is 11.8. The van der Waals surface area contributed by atoms with Crippen molar-refractivity contribution in [3.8, 4) is 0 Å². The molecule has 2 rings (SSSR count). The number of fused-ring (bicyclic) bond motifs is 1. The van der Waals surface area contributed by atoms with Crippen LogP contribution in [-0.4, -0.2) is 33.3 Å². The molecule has 2 N–H and O–H groups in total. The van der Waals surface area contributed by atoms with Crippen molar-refractivity contribution in [2.75, 3.05) is 18.1 Å². The number of carbonyl (C=O) groups is 1. The molecule has 1 aromatic rings. The molecule has 0 saturated heterocycles. The molecule has 21 heavy (non-hydrogen) atoms. The summed E-state index contributed by atoms with van der Waals surface area (Å²) in [7, 11) is -1.29. The van der Waals surface area contributed by atoms with Crippen LogP contribution in [0.3, 0.4) is 0 Å². The average molecular weight is 309 g/mol. The number of benzene rings is 1. The van der Waals surface area contributed by atoms with E-state index in [9.17, 15) is 9.00 Å². The van der Waals surface area contributed by atoms with Crippen molar-refractivity contribution in [1.29, 1.82) is 0 Å². The highest BCUT2D eigenvalue weighted by Gasteiger charge is 2.15. The van der Waals surface area contributed by atoms with Crippen LogP contribution in [0.5, 0.6) is 0 Å². The smallest absolute Gasteiger partial charge is 0.233 e. The molecule has 1 aliphatic rings. The van der Waals surface area contributed by atoms with Crippen molar-refractivity contribution in [1.82, 2.24) is 5.32 Å². The van der Waals surface area contributed by atoms with Gasteiger partial charge in [-0.15, -0.1) is 0 Å². The highest BCUT2D eigenvalue weighted by atomic mass is 32.2. The fourth-order valence-corrected chi connectivity index (χ4v) is 3.43. The number of rotatable bonds is 6. The summed E-state index contributed by atoms with van der Waals surface area (Å²) in [6, 6.07) is 6.33. The van der Waals surface area contributed by atoms with E-state index in [1.807, 2.05) is 6.92 Å². The normalized spacial score (nSPS) is 16.9. The Morgan fingerprint density at radius 1 is 1.33 bits per heavy atom. The molecule has 0 aliphatic heterocycles. The van der Waals surface area contributed by atoms with Gasteiger partial charge in [0.05, 0.1) is 12.6 Å². The first-order valence-electron chi connectivity index (χ1n) is 7.47. The van der Waals surface area contributed by atoms with Gasteiger partial charge in [-0.1, -0.05) is 18.2 Å². The predicted octanol–water partition coefficient (Wildman–Crippen LogP) is 1.48. The summed E-state index contributed by atoms with van der Waals surface area (Å²) in [6.07, 6.45) is 4.76. The zero-order valence-corrected chi connectivity index (χ0v) is 13.2. The number of aliphatic hydroxyl groups excluding tert-OH is 1. The van der Waals surface area contributed by atoms with Crippen molar-refractivity contribution in [3.05, 3.63) is 34.9 Å². The molecule has 0 bridgehead atoms. The Bertz CT molecular complexity index is 530. The zero-order chi connectivity index (χ0) is 15.2. The first-order chi connectivity index (χ1) is 10.1. The van der Waals surface area contributed by atoms with Crippen LogP contribution in [0.1, 0.15) is 42.5 Å². The van der Waals surface area contributed by atoms with Gasteiger partial charge in [-0.05, 0) is 49.3 Å². The van der Waals surface area contributed by atoms with Gasteiger partial charge in [-0.25, -0.2) is 0 Å². The SMILES string of the molecule is C[C@@H](NC(=O)C[S@@](=O)CCO)c1ccc2c(c1)CCCC2. The Labute approximate surface area is 128 Å². The Hall–Kier alpha value is -1.20. The lowest BCUT2D eigenvalue weighted by Gasteiger charge is -2.20. The van der Waals surface area contributed by atoms with Gasteiger partial charge in [-0.2, -0.15) is 0 Å². The van der Waals surface area contributed by atoms with E-state index in [0.717, 1.165) is 18.4 Å². The largest absolute Gasteiger partial charge is 0.395 e. The van der Waals surface area contributed by atoms with E-state index in [2.05, 4.69) is 23.5 Å². The van der Waals surface area contributed by atoms with Gasteiger partial charge >= 0.3 is 0 Å². The molecule has 5 heteroatoms. The Morgan fingerprint density at radius 3 is 2.76 bits per heavy atom. The second kappa shape index (κ2) is 7.71. The first-order valence-corrected chi connectivity index (χ1v) is 8.96. The zero-order valence-electron chi connectivity index (χ0n) is 12.4. The molecule has 0 aromatic heterocycles. The minimum Gasteiger partial charge on any atom is -0.395 e. The molecular weight excluding hydrogens is 286 g/mol. The molecule has 0 spiro atoms. The molecule has 116 valence electrons. The van der Waals surface area contributed by atoms with Gasteiger partial charge in [0.15, 0.2) is 0 Å². The first kappa shape index (κ1) is 16.2. The van der Waals surface area contributed by atoms with E-state index in [0.29, 0.717) is 0 Å². The fraction of sp³-hybridized carbons (Fsp3) is 0.562. The van der Waals surface area contributed by atoms with Gasteiger partial charge in [-0.3, -0.25) is 9.00 Å². The maximum Gasteiger partial charge on any atom is 0.233 e. The van der Waals surface area contributed by atoms with Gasteiger partial charge in [0.1, 0.15) is 5.75 Å². The summed E-state index contributed by atoms with van der Waals surface area (Å²) in [5.74, 6) is -0.122. The molecule has 0 heterocycles. The summed E-state index contributed by atoms with van der Waals surface area (Å²) in [6.45, 7) is 1.79. The molecule has 0 radical (unpaired) electrons. The van der Waals surface area contributed by atoms with Crippen LogP contribution in [-0.2, 0) is 28.4 Å². The molecule has 0 fully saturated rings. The van der Waals surface area contributed by atoms with Crippen LogP contribution in [0.25, 0.3) is 0 Å². The monoisotopic (exact) mass is 309 g/mol. The number of aryl methyl sites for hydroxylation is 2. The highest BCUT2D eigenvalue weighted by molar-refractivity contribution is 7.85. The molecule has 1 aromatic carbocycles. The summed E-state index contributed by atoms with van der Waals surface area (Å²) in [4.78, 5) is 11.8. The second-order valence-corrected chi connectivity index (χ2v) is 7.11. The number of nitrogens with one attached hydrogen (secondary N) is 1. The third-order valence-corrected chi connectivity index (χ3v) is 5.08. The van der Waals surface area contributed by atoms with E-state index in [1.54, 1.807) is 0 Å². The van der Waals surface area contributed by atoms with Crippen molar-refractivity contribution in [3.63, 3.8) is 0 Å². The fourth-order valence-electron chi connectivity index (χ4n) is 2.71.